The summed E-state index contributed by atoms with van der Waals surface area (Å²) in [6.45, 7) is 4.04. The van der Waals surface area contributed by atoms with Crippen molar-refractivity contribution in [1.29, 1.82) is 0 Å². The lowest BCUT2D eigenvalue weighted by atomic mass is 10.1. The molecule has 2 N–H and O–H groups in total. The smallest absolute Gasteiger partial charge is 0.289 e. The van der Waals surface area contributed by atoms with Crippen LogP contribution in [0.1, 0.15) is 16.1 Å². The third kappa shape index (κ3) is 4.45. The monoisotopic (exact) mass is 346 g/mol. The molecule has 6 heteroatoms. The molecule has 0 aliphatic rings. The van der Waals surface area contributed by atoms with E-state index in [1.807, 2.05) is 54.6 Å². The lowest BCUT2D eigenvalue weighted by Gasteiger charge is -2.03. The van der Waals surface area contributed by atoms with Crippen LogP contribution in [-0.4, -0.2) is 28.9 Å². The van der Waals surface area contributed by atoms with Gasteiger partial charge in [0.15, 0.2) is 0 Å². The molecular formula is C20H18N4O2. The van der Waals surface area contributed by atoms with Crippen molar-refractivity contribution in [3.63, 3.8) is 0 Å². The summed E-state index contributed by atoms with van der Waals surface area (Å²) in [7, 11) is 0. The number of carbonyl (C=O) groups is 1. The fourth-order valence-corrected chi connectivity index (χ4v) is 2.26. The maximum Gasteiger partial charge on any atom is 0.289 e. The van der Waals surface area contributed by atoms with Crippen molar-refractivity contribution in [2.75, 3.05) is 6.61 Å². The van der Waals surface area contributed by atoms with Gasteiger partial charge in [-0.1, -0.05) is 55.1 Å². The SMILES string of the molecule is C=CCOc1cccc(/C=N\NC(=O)c2cc(-c3ccccc3)n[nH]2)c1. The molecule has 26 heavy (non-hydrogen) atoms. The van der Waals surface area contributed by atoms with Crippen molar-refractivity contribution < 1.29 is 9.53 Å². The minimum Gasteiger partial charge on any atom is -0.490 e. The number of nitrogens with one attached hydrogen (secondary N) is 2. The molecule has 3 aromatic rings. The van der Waals surface area contributed by atoms with Crippen LogP contribution in [0.4, 0.5) is 0 Å². The molecule has 1 aromatic heterocycles. The summed E-state index contributed by atoms with van der Waals surface area (Å²) in [6.07, 6.45) is 3.22. The number of ether oxygens (including phenoxy) is 1. The number of hydrogen-bond donors (Lipinski definition) is 2. The average Bonchev–Trinajstić information content (AvgIpc) is 3.18. The van der Waals surface area contributed by atoms with Gasteiger partial charge in [-0.25, -0.2) is 5.43 Å². The van der Waals surface area contributed by atoms with Gasteiger partial charge in [-0.05, 0) is 23.8 Å². The van der Waals surface area contributed by atoms with E-state index in [2.05, 4.69) is 27.3 Å². The highest BCUT2D eigenvalue weighted by molar-refractivity contribution is 5.94. The molecule has 0 saturated carbocycles. The predicted octanol–water partition coefficient (Wildman–Crippen LogP) is 3.41. The van der Waals surface area contributed by atoms with Crippen molar-refractivity contribution in [2.45, 2.75) is 0 Å². The van der Waals surface area contributed by atoms with E-state index >= 15 is 0 Å². The number of amides is 1. The highest BCUT2D eigenvalue weighted by atomic mass is 16.5. The van der Waals surface area contributed by atoms with E-state index in [-0.39, 0.29) is 5.91 Å². The van der Waals surface area contributed by atoms with Gasteiger partial charge in [-0.2, -0.15) is 10.2 Å². The first kappa shape index (κ1) is 17.2. The molecule has 0 aliphatic heterocycles. The van der Waals surface area contributed by atoms with Crippen LogP contribution < -0.4 is 10.2 Å². The van der Waals surface area contributed by atoms with Crippen LogP contribution >= 0.6 is 0 Å². The first-order valence-electron chi connectivity index (χ1n) is 8.04. The predicted molar refractivity (Wildman–Crippen MR) is 101 cm³/mol. The van der Waals surface area contributed by atoms with Gasteiger partial charge in [0.2, 0.25) is 0 Å². The summed E-state index contributed by atoms with van der Waals surface area (Å²) in [5, 5.41) is 10.8. The molecule has 0 atom stereocenters. The molecule has 0 unspecified atom stereocenters. The Balaban J connectivity index is 1.61. The number of nitrogens with zero attached hydrogens (tertiary/aromatic N) is 2. The molecule has 1 heterocycles. The largest absolute Gasteiger partial charge is 0.490 e. The van der Waals surface area contributed by atoms with Crippen molar-refractivity contribution >= 4 is 12.1 Å². The van der Waals surface area contributed by atoms with Crippen molar-refractivity contribution in [3.8, 4) is 17.0 Å². The van der Waals surface area contributed by atoms with E-state index in [0.717, 1.165) is 11.1 Å². The number of H-pyrrole nitrogens is 1. The summed E-state index contributed by atoms with van der Waals surface area (Å²) >= 11 is 0. The van der Waals surface area contributed by atoms with Crippen molar-refractivity contribution in [3.05, 3.63) is 84.6 Å². The standard InChI is InChI=1S/C20H18N4O2/c1-2-11-26-17-10-6-7-15(12-17)14-21-24-20(25)19-13-18(22-23-19)16-8-4-3-5-9-16/h2-10,12-14H,1,11H2,(H,22,23)(H,24,25)/b21-14-. The Labute approximate surface area is 151 Å². The van der Waals surface area contributed by atoms with Crippen molar-refractivity contribution in [2.24, 2.45) is 5.10 Å². The van der Waals surface area contributed by atoms with Gasteiger partial charge in [-0.3, -0.25) is 9.89 Å². The summed E-state index contributed by atoms with van der Waals surface area (Å²) < 4.78 is 5.46. The number of aromatic amines is 1. The van der Waals surface area contributed by atoms with Crippen LogP contribution in [0, 0.1) is 0 Å². The summed E-state index contributed by atoms with van der Waals surface area (Å²) in [5.74, 6) is 0.344. The van der Waals surface area contributed by atoms with Gasteiger partial charge in [-0.15, -0.1) is 0 Å². The summed E-state index contributed by atoms with van der Waals surface area (Å²) in [4.78, 5) is 12.2. The number of rotatable bonds is 7. The van der Waals surface area contributed by atoms with E-state index in [1.54, 1.807) is 18.4 Å². The zero-order valence-corrected chi connectivity index (χ0v) is 14.1. The molecule has 1 amide bonds. The van der Waals surface area contributed by atoms with E-state index in [9.17, 15) is 4.79 Å². The first-order chi connectivity index (χ1) is 12.8. The number of carbonyl (C=O) groups excluding carboxylic acids is 1. The molecule has 0 spiro atoms. The second-order valence-electron chi connectivity index (χ2n) is 5.40. The van der Waals surface area contributed by atoms with E-state index in [1.165, 1.54) is 0 Å². The van der Waals surface area contributed by atoms with Crippen LogP contribution in [0.3, 0.4) is 0 Å². The third-order valence-corrected chi connectivity index (χ3v) is 3.50. The minimum absolute atomic E-state index is 0.337. The second kappa shape index (κ2) is 8.43. The molecular weight excluding hydrogens is 328 g/mol. The van der Waals surface area contributed by atoms with Crippen LogP contribution in [0.15, 0.2) is 78.4 Å². The first-order valence-corrected chi connectivity index (χ1v) is 8.04. The molecule has 6 nitrogen and oxygen atoms in total. The maximum absolute atomic E-state index is 12.2. The molecule has 0 aliphatic carbocycles. The Hall–Kier alpha value is -3.67. The molecule has 0 fully saturated rings. The number of benzene rings is 2. The minimum atomic E-state index is -0.366. The second-order valence-corrected chi connectivity index (χ2v) is 5.40. The van der Waals surface area contributed by atoms with E-state index in [0.29, 0.717) is 23.7 Å². The Kier molecular flexibility index (Phi) is 5.57. The zero-order valence-electron chi connectivity index (χ0n) is 14.1. The Morgan fingerprint density at radius 3 is 2.85 bits per heavy atom. The van der Waals surface area contributed by atoms with Gasteiger partial charge in [0.05, 0.1) is 11.9 Å². The topological polar surface area (TPSA) is 79.4 Å². The Morgan fingerprint density at radius 2 is 2.04 bits per heavy atom. The molecule has 0 bridgehead atoms. The van der Waals surface area contributed by atoms with Gasteiger partial charge >= 0.3 is 0 Å². The fraction of sp³-hybridized carbons (Fsp3) is 0.0500. The van der Waals surface area contributed by atoms with E-state index < -0.39 is 0 Å². The quantitative estimate of drug-likeness (QED) is 0.391. The molecule has 0 radical (unpaired) electrons. The van der Waals surface area contributed by atoms with Crippen LogP contribution in [0.2, 0.25) is 0 Å². The third-order valence-electron chi connectivity index (χ3n) is 3.50. The highest BCUT2D eigenvalue weighted by Crippen LogP contribution is 2.16. The van der Waals surface area contributed by atoms with Crippen LogP contribution in [0.25, 0.3) is 11.3 Å². The zero-order chi connectivity index (χ0) is 18.2. The van der Waals surface area contributed by atoms with Gasteiger partial charge in [0.25, 0.3) is 5.91 Å². The molecule has 130 valence electrons. The molecule has 0 saturated heterocycles. The van der Waals surface area contributed by atoms with Gasteiger partial charge < -0.3 is 4.74 Å². The number of hydrazone groups is 1. The van der Waals surface area contributed by atoms with Crippen LogP contribution in [-0.2, 0) is 0 Å². The summed E-state index contributed by atoms with van der Waals surface area (Å²) in [6, 6.07) is 18.7. The summed E-state index contributed by atoms with van der Waals surface area (Å²) in [5.41, 5.74) is 5.25. The molecule has 3 rings (SSSR count). The Morgan fingerprint density at radius 1 is 1.19 bits per heavy atom. The fourth-order valence-electron chi connectivity index (χ4n) is 2.26. The van der Waals surface area contributed by atoms with Crippen LogP contribution in [0.5, 0.6) is 5.75 Å². The van der Waals surface area contributed by atoms with Crippen molar-refractivity contribution in [1.82, 2.24) is 15.6 Å². The number of hydrogen-bond acceptors (Lipinski definition) is 4. The van der Waals surface area contributed by atoms with Gasteiger partial charge in [0, 0.05) is 5.56 Å². The molecule has 2 aromatic carbocycles. The Bertz CT molecular complexity index is 916. The lowest BCUT2D eigenvalue weighted by Crippen LogP contribution is -2.18. The van der Waals surface area contributed by atoms with Gasteiger partial charge in [0.1, 0.15) is 18.1 Å². The highest BCUT2D eigenvalue weighted by Gasteiger charge is 2.09. The maximum atomic E-state index is 12.2. The number of aromatic nitrogens is 2. The van der Waals surface area contributed by atoms with E-state index in [4.69, 9.17) is 4.74 Å². The normalized spacial score (nSPS) is 10.6. The average molecular weight is 346 g/mol. The lowest BCUT2D eigenvalue weighted by molar-refractivity contribution is 0.0950.